The lowest BCUT2D eigenvalue weighted by atomic mass is 9.82. The van der Waals surface area contributed by atoms with Crippen LogP contribution in [0.15, 0.2) is 18.2 Å². The van der Waals surface area contributed by atoms with E-state index in [9.17, 15) is 0 Å². The minimum atomic E-state index is 0.673. The zero-order valence-corrected chi connectivity index (χ0v) is 13.1. The molecular weight excluding hydrogens is 262 g/mol. The molecule has 0 spiro atoms. The standard InChI is InChI=1S/C17H27N3O/c1-21-17-9-5-8-15(19-17)13-20-11-10-18-12-16(20)14-6-3-2-4-7-14/h5,8-9,14,16,18H,2-4,6-7,10-13H2,1H3. The zero-order chi connectivity index (χ0) is 14.5. The quantitative estimate of drug-likeness (QED) is 0.924. The second-order valence-corrected chi connectivity index (χ2v) is 6.31. The maximum Gasteiger partial charge on any atom is 0.213 e. The molecule has 2 aliphatic rings. The number of aromatic nitrogens is 1. The number of piperazine rings is 1. The van der Waals surface area contributed by atoms with Crippen molar-refractivity contribution in [2.24, 2.45) is 5.92 Å². The van der Waals surface area contributed by atoms with Crippen LogP contribution in [0.3, 0.4) is 0 Å². The van der Waals surface area contributed by atoms with E-state index in [0.717, 1.165) is 43.7 Å². The summed E-state index contributed by atoms with van der Waals surface area (Å²) in [6, 6.07) is 6.74. The number of pyridine rings is 1. The van der Waals surface area contributed by atoms with Gasteiger partial charge in [-0.25, -0.2) is 4.98 Å². The summed E-state index contributed by atoms with van der Waals surface area (Å²) in [5, 5.41) is 3.58. The fourth-order valence-electron chi connectivity index (χ4n) is 3.81. The van der Waals surface area contributed by atoms with Crippen LogP contribution in [0.2, 0.25) is 0 Å². The number of hydrogen-bond donors (Lipinski definition) is 1. The summed E-state index contributed by atoms with van der Waals surface area (Å²) in [5.41, 5.74) is 1.12. The highest BCUT2D eigenvalue weighted by Gasteiger charge is 2.30. The number of nitrogens with zero attached hydrogens (tertiary/aromatic N) is 2. The second kappa shape index (κ2) is 7.23. The molecule has 0 amide bonds. The van der Waals surface area contributed by atoms with Gasteiger partial charge < -0.3 is 10.1 Å². The summed E-state index contributed by atoms with van der Waals surface area (Å²) in [7, 11) is 1.68. The number of nitrogens with one attached hydrogen (secondary N) is 1. The van der Waals surface area contributed by atoms with Crippen LogP contribution in [0.1, 0.15) is 37.8 Å². The van der Waals surface area contributed by atoms with Crippen molar-refractivity contribution in [2.75, 3.05) is 26.7 Å². The molecule has 2 heterocycles. The van der Waals surface area contributed by atoms with Crippen molar-refractivity contribution < 1.29 is 4.74 Å². The molecule has 1 aromatic heterocycles. The molecule has 0 bridgehead atoms. The molecule has 4 heteroatoms. The van der Waals surface area contributed by atoms with Crippen molar-refractivity contribution in [3.05, 3.63) is 23.9 Å². The van der Waals surface area contributed by atoms with Gasteiger partial charge in [-0.05, 0) is 24.8 Å². The second-order valence-electron chi connectivity index (χ2n) is 6.31. The third-order valence-electron chi connectivity index (χ3n) is 4.95. The molecule has 21 heavy (non-hydrogen) atoms. The zero-order valence-electron chi connectivity index (χ0n) is 13.1. The summed E-state index contributed by atoms with van der Waals surface area (Å²) in [6.45, 7) is 4.29. The number of ether oxygens (including phenoxy) is 1. The van der Waals surface area contributed by atoms with Crippen molar-refractivity contribution in [3.63, 3.8) is 0 Å². The lowest BCUT2D eigenvalue weighted by Crippen LogP contribution is -2.54. The van der Waals surface area contributed by atoms with Crippen molar-refractivity contribution >= 4 is 0 Å². The van der Waals surface area contributed by atoms with Crippen LogP contribution in [0.25, 0.3) is 0 Å². The third kappa shape index (κ3) is 3.74. The van der Waals surface area contributed by atoms with Crippen molar-refractivity contribution in [1.29, 1.82) is 0 Å². The first-order valence-electron chi connectivity index (χ1n) is 8.31. The average Bonchev–Trinajstić information content (AvgIpc) is 2.56. The molecule has 1 saturated heterocycles. The Morgan fingerprint density at radius 3 is 2.95 bits per heavy atom. The van der Waals surface area contributed by atoms with E-state index in [0.29, 0.717) is 6.04 Å². The molecule has 1 saturated carbocycles. The molecule has 0 aromatic carbocycles. The first kappa shape index (κ1) is 14.8. The fourth-order valence-corrected chi connectivity index (χ4v) is 3.81. The minimum absolute atomic E-state index is 0.673. The Balaban J connectivity index is 1.68. The Bertz CT molecular complexity index is 445. The van der Waals surface area contributed by atoms with Crippen LogP contribution in [0.4, 0.5) is 0 Å². The lowest BCUT2D eigenvalue weighted by molar-refractivity contribution is 0.0847. The van der Waals surface area contributed by atoms with Gasteiger partial charge in [0, 0.05) is 38.3 Å². The van der Waals surface area contributed by atoms with E-state index >= 15 is 0 Å². The topological polar surface area (TPSA) is 37.4 Å². The van der Waals surface area contributed by atoms with Gasteiger partial charge in [-0.15, -0.1) is 0 Å². The summed E-state index contributed by atoms with van der Waals surface area (Å²) in [6.07, 6.45) is 7.04. The van der Waals surface area contributed by atoms with E-state index in [1.807, 2.05) is 12.1 Å². The summed E-state index contributed by atoms with van der Waals surface area (Å²) in [5.74, 6) is 1.58. The van der Waals surface area contributed by atoms with Gasteiger partial charge in [-0.3, -0.25) is 4.90 Å². The molecule has 1 aromatic rings. The maximum atomic E-state index is 5.25. The molecule has 116 valence electrons. The van der Waals surface area contributed by atoms with Gasteiger partial charge >= 0.3 is 0 Å². The Hall–Kier alpha value is -1.13. The molecule has 1 atom stereocenters. The van der Waals surface area contributed by atoms with Gasteiger partial charge in [-0.1, -0.05) is 25.3 Å². The van der Waals surface area contributed by atoms with Gasteiger partial charge in [0.15, 0.2) is 0 Å². The van der Waals surface area contributed by atoms with Crippen LogP contribution >= 0.6 is 0 Å². The highest BCUT2D eigenvalue weighted by atomic mass is 16.5. The van der Waals surface area contributed by atoms with E-state index in [1.165, 1.54) is 32.1 Å². The van der Waals surface area contributed by atoms with Crippen LogP contribution in [0, 0.1) is 5.92 Å². The molecule has 3 rings (SSSR count). The van der Waals surface area contributed by atoms with E-state index in [2.05, 4.69) is 21.3 Å². The van der Waals surface area contributed by atoms with Gasteiger partial charge in [0.05, 0.1) is 12.8 Å². The molecule has 1 aliphatic carbocycles. The molecule has 1 N–H and O–H groups in total. The number of methoxy groups -OCH3 is 1. The van der Waals surface area contributed by atoms with Crippen molar-refractivity contribution in [2.45, 2.75) is 44.7 Å². The fraction of sp³-hybridized carbons (Fsp3) is 0.706. The number of rotatable bonds is 4. The molecular formula is C17H27N3O. The SMILES string of the molecule is COc1cccc(CN2CCNCC2C2CCCCC2)n1. The number of hydrogen-bond acceptors (Lipinski definition) is 4. The highest BCUT2D eigenvalue weighted by Crippen LogP contribution is 2.30. The first-order valence-corrected chi connectivity index (χ1v) is 8.31. The Morgan fingerprint density at radius 1 is 1.29 bits per heavy atom. The van der Waals surface area contributed by atoms with Crippen LogP contribution < -0.4 is 10.1 Å². The molecule has 0 radical (unpaired) electrons. The normalized spacial score (nSPS) is 24.9. The molecule has 1 unspecified atom stereocenters. The van der Waals surface area contributed by atoms with Crippen molar-refractivity contribution in [1.82, 2.24) is 15.2 Å². The summed E-state index contributed by atoms with van der Waals surface area (Å²) >= 11 is 0. The van der Waals surface area contributed by atoms with E-state index < -0.39 is 0 Å². The maximum absolute atomic E-state index is 5.25. The largest absolute Gasteiger partial charge is 0.481 e. The highest BCUT2D eigenvalue weighted by molar-refractivity contribution is 5.15. The van der Waals surface area contributed by atoms with Gasteiger partial charge in [0.2, 0.25) is 5.88 Å². The van der Waals surface area contributed by atoms with E-state index in [1.54, 1.807) is 7.11 Å². The Labute approximate surface area is 127 Å². The summed E-state index contributed by atoms with van der Waals surface area (Å²) < 4.78 is 5.25. The predicted octanol–water partition coefficient (Wildman–Crippen LogP) is 2.44. The molecule has 4 nitrogen and oxygen atoms in total. The lowest BCUT2D eigenvalue weighted by Gasteiger charge is -2.42. The van der Waals surface area contributed by atoms with Gasteiger partial charge in [-0.2, -0.15) is 0 Å². The summed E-state index contributed by atoms with van der Waals surface area (Å²) in [4.78, 5) is 7.21. The minimum Gasteiger partial charge on any atom is -0.481 e. The smallest absolute Gasteiger partial charge is 0.213 e. The first-order chi connectivity index (χ1) is 10.4. The monoisotopic (exact) mass is 289 g/mol. The van der Waals surface area contributed by atoms with Crippen LogP contribution in [-0.4, -0.2) is 42.7 Å². The average molecular weight is 289 g/mol. The van der Waals surface area contributed by atoms with Gasteiger partial charge in [0.1, 0.15) is 0 Å². The van der Waals surface area contributed by atoms with Crippen molar-refractivity contribution in [3.8, 4) is 5.88 Å². The molecule has 1 aliphatic heterocycles. The van der Waals surface area contributed by atoms with Crippen LogP contribution in [-0.2, 0) is 6.54 Å². The predicted molar refractivity (Wildman–Crippen MR) is 84.4 cm³/mol. The van der Waals surface area contributed by atoms with Gasteiger partial charge in [0.25, 0.3) is 0 Å². The van der Waals surface area contributed by atoms with E-state index in [4.69, 9.17) is 4.74 Å². The Morgan fingerprint density at radius 2 is 2.14 bits per heavy atom. The third-order valence-corrected chi connectivity index (χ3v) is 4.95. The Kier molecular flexibility index (Phi) is 5.09. The molecule has 2 fully saturated rings. The van der Waals surface area contributed by atoms with Crippen LogP contribution in [0.5, 0.6) is 5.88 Å². The van der Waals surface area contributed by atoms with E-state index in [-0.39, 0.29) is 0 Å².